The number of amides is 1. The molecule has 0 radical (unpaired) electrons. The molecule has 0 aliphatic rings. The van der Waals surface area contributed by atoms with Crippen molar-refractivity contribution in [2.75, 3.05) is 39.6 Å². The van der Waals surface area contributed by atoms with Crippen LogP contribution < -0.4 is 15.4 Å². The summed E-state index contributed by atoms with van der Waals surface area (Å²) >= 11 is 0. The van der Waals surface area contributed by atoms with Crippen LogP contribution in [-0.4, -0.2) is 50.1 Å². The normalized spacial score (nSPS) is 10.5. The van der Waals surface area contributed by atoms with Crippen LogP contribution in [-0.2, 0) is 0 Å². The van der Waals surface area contributed by atoms with Crippen LogP contribution in [0.15, 0.2) is 42.6 Å². The van der Waals surface area contributed by atoms with Gasteiger partial charge in [-0.3, -0.25) is 9.78 Å². The van der Waals surface area contributed by atoms with E-state index in [2.05, 4.69) is 20.5 Å². The third kappa shape index (κ3) is 5.55. The molecule has 0 spiro atoms. The molecule has 128 valence electrons. The van der Waals surface area contributed by atoms with Crippen LogP contribution in [0, 0.1) is 0 Å². The monoisotopic (exact) mass is 328 g/mol. The average Bonchev–Trinajstić information content (AvgIpc) is 2.58. The van der Waals surface area contributed by atoms with Crippen molar-refractivity contribution >= 4 is 17.3 Å². The second-order valence-electron chi connectivity index (χ2n) is 5.70. The Labute approximate surface area is 142 Å². The number of rotatable bonds is 8. The van der Waals surface area contributed by atoms with Gasteiger partial charge in [-0.15, -0.1) is 0 Å². The molecule has 6 heteroatoms. The number of anilines is 2. The highest BCUT2D eigenvalue weighted by atomic mass is 16.5. The highest BCUT2D eigenvalue weighted by Crippen LogP contribution is 2.21. The molecular weight excluding hydrogens is 304 g/mol. The lowest BCUT2D eigenvalue weighted by Crippen LogP contribution is -2.27. The molecular formula is C18H24N4O2. The van der Waals surface area contributed by atoms with E-state index in [0.717, 1.165) is 30.1 Å². The molecule has 0 bridgehead atoms. The van der Waals surface area contributed by atoms with Gasteiger partial charge in [0, 0.05) is 30.2 Å². The fourth-order valence-corrected chi connectivity index (χ4v) is 2.19. The fraction of sp³-hybridized carbons (Fsp3) is 0.333. The number of carbonyl (C=O) groups excluding carboxylic acids is 1. The topological polar surface area (TPSA) is 66.5 Å². The molecule has 2 aromatic rings. The van der Waals surface area contributed by atoms with Gasteiger partial charge < -0.3 is 20.3 Å². The lowest BCUT2D eigenvalue weighted by atomic mass is 10.2. The number of nitrogens with zero attached hydrogens (tertiary/aromatic N) is 2. The van der Waals surface area contributed by atoms with E-state index in [9.17, 15) is 4.79 Å². The molecule has 1 heterocycles. The zero-order valence-corrected chi connectivity index (χ0v) is 14.4. The smallest absolute Gasteiger partial charge is 0.269 e. The lowest BCUT2D eigenvalue weighted by molar-refractivity contribution is 0.0947. The van der Waals surface area contributed by atoms with E-state index >= 15 is 0 Å². The largest absolute Gasteiger partial charge is 0.497 e. The van der Waals surface area contributed by atoms with Crippen molar-refractivity contribution in [3.63, 3.8) is 0 Å². The first kappa shape index (κ1) is 17.7. The number of hydrogen-bond acceptors (Lipinski definition) is 5. The molecule has 1 aromatic carbocycles. The molecule has 0 aliphatic heterocycles. The molecule has 2 N–H and O–H groups in total. The van der Waals surface area contributed by atoms with Crippen molar-refractivity contribution in [3.05, 3.63) is 48.3 Å². The summed E-state index contributed by atoms with van der Waals surface area (Å²) in [6.07, 6.45) is 2.53. The third-order valence-corrected chi connectivity index (χ3v) is 3.42. The van der Waals surface area contributed by atoms with Crippen molar-refractivity contribution in [1.29, 1.82) is 0 Å². The molecule has 1 aromatic heterocycles. The van der Waals surface area contributed by atoms with Crippen LogP contribution in [0.4, 0.5) is 11.4 Å². The molecule has 0 saturated heterocycles. The Bertz CT molecular complexity index is 674. The highest BCUT2D eigenvalue weighted by molar-refractivity contribution is 5.93. The Morgan fingerprint density at radius 2 is 2.00 bits per heavy atom. The van der Waals surface area contributed by atoms with Crippen LogP contribution in [0.1, 0.15) is 16.9 Å². The molecule has 0 aliphatic carbocycles. The zero-order valence-electron chi connectivity index (χ0n) is 14.4. The summed E-state index contributed by atoms with van der Waals surface area (Å²) in [5, 5.41) is 6.14. The number of nitrogens with one attached hydrogen (secondary N) is 2. The van der Waals surface area contributed by atoms with E-state index in [0.29, 0.717) is 12.2 Å². The standard InChI is InChI=1S/C18H24N4O2/c1-22(2)11-5-9-20-18(23)17-13-15(8-10-19-17)21-14-6-4-7-16(12-14)24-3/h4,6-8,10,12-13H,5,9,11H2,1-3H3,(H,19,21)(H,20,23). The predicted molar refractivity (Wildman–Crippen MR) is 96.0 cm³/mol. The number of hydrogen-bond donors (Lipinski definition) is 2. The first-order valence-electron chi connectivity index (χ1n) is 7.88. The molecule has 0 atom stereocenters. The minimum absolute atomic E-state index is 0.164. The van der Waals surface area contributed by atoms with Gasteiger partial charge in [0.2, 0.25) is 0 Å². The molecule has 2 rings (SSSR count). The van der Waals surface area contributed by atoms with E-state index < -0.39 is 0 Å². The summed E-state index contributed by atoms with van der Waals surface area (Å²) in [4.78, 5) is 18.4. The lowest BCUT2D eigenvalue weighted by Gasteiger charge is -2.11. The highest BCUT2D eigenvalue weighted by Gasteiger charge is 2.08. The SMILES string of the molecule is COc1cccc(Nc2ccnc(C(=O)NCCCN(C)C)c2)c1. The molecule has 24 heavy (non-hydrogen) atoms. The van der Waals surface area contributed by atoms with Gasteiger partial charge in [0.1, 0.15) is 11.4 Å². The first-order valence-corrected chi connectivity index (χ1v) is 7.88. The van der Waals surface area contributed by atoms with Crippen LogP contribution in [0.2, 0.25) is 0 Å². The minimum Gasteiger partial charge on any atom is -0.497 e. The van der Waals surface area contributed by atoms with Gasteiger partial charge in [-0.2, -0.15) is 0 Å². The summed E-state index contributed by atoms with van der Waals surface area (Å²) in [6, 6.07) is 11.2. The van der Waals surface area contributed by atoms with Crippen molar-refractivity contribution in [1.82, 2.24) is 15.2 Å². The van der Waals surface area contributed by atoms with Crippen LogP contribution in [0.3, 0.4) is 0 Å². The second-order valence-corrected chi connectivity index (χ2v) is 5.70. The van der Waals surface area contributed by atoms with Crippen LogP contribution in [0.25, 0.3) is 0 Å². The molecule has 1 amide bonds. The Balaban J connectivity index is 1.96. The first-order chi connectivity index (χ1) is 11.6. The van der Waals surface area contributed by atoms with Crippen molar-refractivity contribution in [2.45, 2.75) is 6.42 Å². The van der Waals surface area contributed by atoms with Crippen LogP contribution >= 0.6 is 0 Å². The summed E-state index contributed by atoms with van der Waals surface area (Å²) in [5.74, 6) is 0.607. The third-order valence-electron chi connectivity index (χ3n) is 3.42. The van der Waals surface area contributed by atoms with Crippen molar-refractivity contribution < 1.29 is 9.53 Å². The second kappa shape index (κ2) is 8.88. The fourth-order valence-electron chi connectivity index (χ4n) is 2.19. The van der Waals surface area contributed by atoms with Gasteiger partial charge in [-0.05, 0) is 51.3 Å². The summed E-state index contributed by atoms with van der Waals surface area (Å²) < 4.78 is 5.21. The number of benzene rings is 1. The molecule has 0 fully saturated rings. The predicted octanol–water partition coefficient (Wildman–Crippen LogP) is 2.52. The number of aromatic nitrogens is 1. The van der Waals surface area contributed by atoms with E-state index in [1.165, 1.54) is 0 Å². The van der Waals surface area contributed by atoms with Gasteiger partial charge in [-0.1, -0.05) is 6.07 Å². The van der Waals surface area contributed by atoms with E-state index in [-0.39, 0.29) is 5.91 Å². The van der Waals surface area contributed by atoms with E-state index in [4.69, 9.17) is 4.74 Å². The Morgan fingerprint density at radius 1 is 1.21 bits per heavy atom. The maximum atomic E-state index is 12.2. The maximum Gasteiger partial charge on any atom is 0.269 e. The zero-order chi connectivity index (χ0) is 17.4. The van der Waals surface area contributed by atoms with Crippen molar-refractivity contribution in [3.8, 4) is 5.75 Å². The van der Waals surface area contributed by atoms with Crippen molar-refractivity contribution in [2.24, 2.45) is 0 Å². The summed E-state index contributed by atoms with van der Waals surface area (Å²) in [5.41, 5.74) is 2.09. The minimum atomic E-state index is -0.164. The Morgan fingerprint density at radius 3 is 2.75 bits per heavy atom. The van der Waals surface area contributed by atoms with E-state index in [1.807, 2.05) is 44.4 Å². The van der Waals surface area contributed by atoms with Gasteiger partial charge in [0.15, 0.2) is 0 Å². The Kier molecular flexibility index (Phi) is 6.57. The number of pyridine rings is 1. The van der Waals surface area contributed by atoms with E-state index in [1.54, 1.807) is 19.4 Å². The molecule has 0 unspecified atom stereocenters. The number of ether oxygens (including phenoxy) is 1. The maximum absolute atomic E-state index is 12.2. The van der Waals surface area contributed by atoms with Gasteiger partial charge in [0.05, 0.1) is 7.11 Å². The summed E-state index contributed by atoms with van der Waals surface area (Å²) in [6.45, 7) is 1.57. The van der Waals surface area contributed by atoms with Crippen LogP contribution in [0.5, 0.6) is 5.75 Å². The van der Waals surface area contributed by atoms with Gasteiger partial charge >= 0.3 is 0 Å². The Hall–Kier alpha value is -2.60. The van der Waals surface area contributed by atoms with Gasteiger partial charge in [-0.25, -0.2) is 0 Å². The molecule has 6 nitrogen and oxygen atoms in total. The number of methoxy groups -OCH3 is 1. The van der Waals surface area contributed by atoms with Gasteiger partial charge in [0.25, 0.3) is 5.91 Å². The average molecular weight is 328 g/mol. The summed E-state index contributed by atoms with van der Waals surface area (Å²) in [7, 11) is 5.65. The molecule has 0 saturated carbocycles. The quantitative estimate of drug-likeness (QED) is 0.729. The number of carbonyl (C=O) groups is 1.